The number of methoxy groups -OCH3 is 1. The molecule has 0 spiro atoms. The van der Waals surface area contributed by atoms with Gasteiger partial charge in [-0.25, -0.2) is 0 Å². The van der Waals surface area contributed by atoms with Crippen LogP contribution in [0.2, 0.25) is 0 Å². The van der Waals surface area contributed by atoms with E-state index in [0.717, 1.165) is 17.1 Å². The summed E-state index contributed by atoms with van der Waals surface area (Å²) in [6.07, 6.45) is 0. The van der Waals surface area contributed by atoms with E-state index >= 15 is 0 Å². The SMILES string of the molecule is COc1ccc(/N=N/c2cccc(N)c2)cc1. The highest BCUT2D eigenvalue weighted by Gasteiger charge is 1.93. The van der Waals surface area contributed by atoms with Crippen molar-refractivity contribution in [2.45, 2.75) is 0 Å². The van der Waals surface area contributed by atoms with Crippen molar-refractivity contribution < 1.29 is 4.74 Å². The molecule has 17 heavy (non-hydrogen) atoms. The first-order valence-electron chi connectivity index (χ1n) is 5.19. The zero-order chi connectivity index (χ0) is 12.1. The van der Waals surface area contributed by atoms with Crippen LogP contribution in [0.4, 0.5) is 17.1 Å². The Bertz CT molecular complexity index is 520. The number of azo groups is 1. The van der Waals surface area contributed by atoms with Crippen molar-refractivity contribution in [1.29, 1.82) is 0 Å². The molecule has 0 bridgehead atoms. The molecule has 2 aromatic rings. The predicted octanol–water partition coefficient (Wildman–Crippen LogP) is 3.69. The summed E-state index contributed by atoms with van der Waals surface area (Å²) in [6.45, 7) is 0. The standard InChI is InChI=1S/C13H13N3O/c1-17-13-7-5-11(6-8-13)15-16-12-4-2-3-10(14)9-12/h2-9H,14H2,1H3/b16-15+. The minimum atomic E-state index is 0.677. The van der Waals surface area contributed by atoms with Gasteiger partial charge in [0.05, 0.1) is 18.5 Å². The first-order valence-corrected chi connectivity index (χ1v) is 5.19. The van der Waals surface area contributed by atoms with Gasteiger partial charge in [-0.15, -0.1) is 0 Å². The van der Waals surface area contributed by atoms with Gasteiger partial charge in [0.15, 0.2) is 0 Å². The molecule has 86 valence electrons. The molecule has 0 radical (unpaired) electrons. The third-order valence-electron chi connectivity index (χ3n) is 2.22. The summed E-state index contributed by atoms with van der Waals surface area (Å²) in [6, 6.07) is 14.6. The van der Waals surface area contributed by atoms with Gasteiger partial charge in [0.25, 0.3) is 0 Å². The predicted molar refractivity (Wildman–Crippen MR) is 68.0 cm³/mol. The Labute approximate surface area is 99.8 Å². The fourth-order valence-electron chi connectivity index (χ4n) is 1.35. The molecule has 0 aliphatic rings. The summed E-state index contributed by atoms with van der Waals surface area (Å²) >= 11 is 0. The van der Waals surface area contributed by atoms with Crippen LogP contribution in [0, 0.1) is 0 Å². The van der Waals surface area contributed by atoms with Gasteiger partial charge < -0.3 is 10.5 Å². The minimum absolute atomic E-state index is 0.677. The average molecular weight is 227 g/mol. The van der Waals surface area contributed by atoms with Gasteiger partial charge in [-0.05, 0) is 42.5 Å². The van der Waals surface area contributed by atoms with Crippen LogP contribution >= 0.6 is 0 Å². The summed E-state index contributed by atoms with van der Waals surface area (Å²) in [4.78, 5) is 0. The number of ether oxygens (including phenoxy) is 1. The number of hydrogen-bond donors (Lipinski definition) is 1. The Kier molecular flexibility index (Phi) is 3.35. The molecule has 2 N–H and O–H groups in total. The molecule has 0 amide bonds. The smallest absolute Gasteiger partial charge is 0.119 e. The van der Waals surface area contributed by atoms with E-state index in [4.69, 9.17) is 10.5 Å². The first-order chi connectivity index (χ1) is 8.28. The lowest BCUT2D eigenvalue weighted by atomic mass is 10.3. The van der Waals surface area contributed by atoms with E-state index in [9.17, 15) is 0 Å². The van der Waals surface area contributed by atoms with Crippen molar-refractivity contribution in [2.75, 3.05) is 12.8 Å². The number of nitrogens with two attached hydrogens (primary N) is 1. The average Bonchev–Trinajstić information content (AvgIpc) is 2.37. The molecular weight excluding hydrogens is 214 g/mol. The fourth-order valence-corrected chi connectivity index (χ4v) is 1.35. The number of rotatable bonds is 3. The molecule has 0 heterocycles. The van der Waals surface area contributed by atoms with Crippen LogP contribution in [-0.4, -0.2) is 7.11 Å². The van der Waals surface area contributed by atoms with E-state index < -0.39 is 0 Å². The monoisotopic (exact) mass is 227 g/mol. The largest absolute Gasteiger partial charge is 0.497 e. The number of hydrogen-bond acceptors (Lipinski definition) is 4. The van der Waals surface area contributed by atoms with Gasteiger partial charge in [-0.2, -0.15) is 10.2 Å². The molecule has 0 aromatic heterocycles. The van der Waals surface area contributed by atoms with Gasteiger partial charge in [-0.3, -0.25) is 0 Å². The van der Waals surface area contributed by atoms with Crippen molar-refractivity contribution in [3.63, 3.8) is 0 Å². The van der Waals surface area contributed by atoms with E-state index in [-0.39, 0.29) is 0 Å². The lowest BCUT2D eigenvalue weighted by molar-refractivity contribution is 0.415. The molecule has 0 saturated carbocycles. The molecule has 4 nitrogen and oxygen atoms in total. The molecular formula is C13H13N3O. The van der Waals surface area contributed by atoms with Crippen molar-refractivity contribution in [2.24, 2.45) is 10.2 Å². The molecule has 2 rings (SSSR count). The summed E-state index contributed by atoms with van der Waals surface area (Å²) in [5.74, 6) is 0.799. The van der Waals surface area contributed by atoms with Crippen LogP contribution in [0.3, 0.4) is 0 Å². The van der Waals surface area contributed by atoms with Crippen LogP contribution in [0.5, 0.6) is 5.75 Å². The van der Waals surface area contributed by atoms with Crippen molar-refractivity contribution in [3.8, 4) is 5.75 Å². The Hall–Kier alpha value is -2.36. The molecule has 0 fully saturated rings. The van der Waals surface area contributed by atoms with Crippen molar-refractivity contribution in [3.05, 3.63) is 48.5 Å². The lowest BCUT2D eigenvalue weighted by Gasteiger charge is -1.98. The van der Waals surface area contributed by atoms with Gasteiger partial charge in [0.2, 0.25) is 0 Å². The van der Waals surface area contributed by atoms with Crippen LogP contribution in [0.15, 0.2) is 58.8 Å². The Balaban J connectivity index is 2.14. The third-order valence-corrected chi connectivity index (χ3v) is 2.22. The van der Waals surface area contributed by atoms with E-state index in [0.29, 0.717) is 5.69 Å². The Morgan fingerprint density at radius 2 is 1.65 bits per heavy atom. The highest BCUT2D eigenvalue weighted by Crippen LogP contribution is 2.21. The maximum absolute atomic E-state index is 5.65. The maximum Gasteiger partial charge on any atom is 0.119 e. The van der Waals surface area contributed by atoms with Gasteiger partial charge in [-0.1, -0.05) is 6.07 Å². The molecule has 0 aliphatic heterocycles. The zero-order valence-corrected chi connectivity index (χ0v) is 9.50. The van der Waals surface area contributed by atoms with Crippen LogP contribution < -0.4 is 10.5 Å². The number of nitrogens with zero attached hydrogens (tertiary/aromatic N) is 2. The van der Waals surface area contributed by atoms with Crippen LogP contribution in [-0.2, 0) is 0 Å². The summed E-state index contributed by atoms with van der Waals surface area (Å²) in [5.41, 5.74) is 7.83. The highest BCUT2D eigenvalue weighted by atomic mass is 16.5. The highest BCUT2D eigenvalue weighted by molar-refractivity contribution is 5.50. The number of nitrogen functional groups attached to an aromatic ring is 1. The van der Waals surface area contributed by atoms with E-state index in [2.05, 4.69) is 10.2 Å². The first kappa shape index (κ1) is 11.1. The molecule has 0 aliphatic carbocycles. The zero-order valence-electron chi connectivity index (χ0n) is 9.50. The van der Waals surface area contributed by atoms with E-state index in [1.54, 1.807) is 13.2 Å². The lowest BCUT2D eigenvalue weighted by Crippen LogP contribution is -1.81. The van der Waals surface area contributed by atoms with E-state index in [1.165, 1.54) is 0 Å². The second kappa shape index (κ2) is 5.12. The summed E-state index contributed by atoms with van der Waals surface area (Å²) in [7, 11) is 1.63. The maximum atomic E-state index is 5.65. The topological polar surface area (TPSA) is 60.0 Å². The Morgan fingerprint density at radius 3 is 2.29 bits per heavy atom. The quantitative estimate of drug-likeness (QED) is 0.642. The molecule has 0 atom stereocenters. The second-order valence-corrected chi connectivity index (χ2v) is 3.49. The van der Waals surface area contributed by atoms with Crippen molar-refractivity contribution >= 4 is 17.1 Å². The number of benzene rings is 2. The minimum Gasteiger partial charge on any atom is -0.497 e. The third kappa shape index (κ3) is 3.04. The van der Waals surface area contributed by atoms with Gasteiger partial charge in [0.1, 0.15) is 5.75 Å². The normalized spacial score (nSPS) is 10.6. The molecule has 4 heteroatoms. The molecule has 0 unspecified atom stereocenters. The van der Waals surface area contributed by atoms with Gasteiger partial charge in [0, 0.05) is 5.69 Å². The van der Waals surface area contributed by atoms with E-state index in [1.807, 2.05) is 42.5 Å². The Morgan fingerprint density at radius 1 is 0.941 bits per heavy atom. The summed E-state index contributed by atoms with van der Waals surface area (Å²) < 4.78 is 5.06. The number of anilines is 1. The van der Waals surface area contributed by atoms with Crippen LogP contribution in [0.25, 0.3) is 0 Å². The summed E-state index contributed by atoms with van der Waals surface area (Å²) in [5, 5.41) is 8.20. The van der Waals surface area contributed by atoms with Gasteiger partial charge >= 0.3 is 0 Å². The molecule has 2 aromatic carbocycles. The fraction of sp³-hybridized carbons (Fsp3) is 0.0769. The van der Waals surface area contributed by atoms with Crippen molar-refractivity contribution in [1.82, 2.24) is 0 Å². The van der Waals surface area contributed by atoms with Crippen LogP contribution in [0.1, 0.15) is 0 Å². The second-order valence-electron chi connectivity index (χ2n) is 3.49. The molecule has 0 saturated heterocycles.